The van der Waals surface area contributed by atoms with Crippen molar-refractivity contribution in [2.24, 2.45) is 17.8 Å². The van der Waals surface area contributed by atoms with Gasteiger partial charge in [0.15, 0.2) is 14.7 Å². The highest BCUT2D eigenvalue weighted by Gasteiger charge is 2.51. The number of sulfonamides is 3. The number of nitrogens with zero attached hydrogens (tertiary/aromatic N) is 7. The Bertz CT molecular complexity index is 5360. The maximum atomic E-state index is 13.9. The highest BCUT2D eigenvalue weighted by Crippen LogP contribution is 2.42. The quantitative estimate of drug-likeness (QED) is 0.0190. The van der Waals surface area contributed by atoms with Gasteiger partial charge in [-0.05, 0) is 104 Å². The number of fused-ring (bicyclic) bond motifs is 3. The Kier molecular flexibility index (Phi) is 25.9. The van der Waals surface area contributed by atoms with Crippen molar-refractivity contribution in [3.8, 4) is 0 Å². The summed E-state index contributed by atoms with van der Waals surface area (Å²) in [6.45, 7) is -0.286. The van der Waals surface area contributed by atoms with Gasteiger partial charge >= 0.3 is 17.9 Å². The fraction of sp³-hybridized carbons (Fsp3) is 0.341. The van der Waals surface area contributed by atoms with Gasteiger partial charge in [0, 0.05) is 63.6 Å². The first-order valence-corrected chi connectivity index (χ1v) is 41.8. The number of nitro groups is 3. The second kappa shape index (κ2) is 35.9. The molecule has 0 aromatic heterocycles. The number of benzene rings is 9. The Labute approximate surface area is 663 Å². The normalized spacial score (nSPS) is 17.8. The van der Waals surface area contributed by atoms with E-state index in [-0.39, 0.29) is 69.6 Å². The first-order chi connectivity index (χ1) is 55.1. The number of methoxy groups -OCH3 is 3. The van der Waals surface area contributed by atoms with Gasteiger partial charge in [-0.25, -0.2) is 39.6 Å². The minimum absolute atomic E-state index is 0.0484. The third-order valence-electron chi connectivity index (χ3n) is 21.2. The van der Waals surface area contributed by atoms with Crippen molar-refractivity contribution >= 4 is 115 Å². The molecule has 30 nitrogen and oxygen atoms in total. The average Bonchev–Trinajstić information content (AvgIpc) is 1.61. The van der Waals surface area contributed by atoms with E-state index in [4.69, 9.17) is 14.2 Å². The number of hydrogen-bond acceptors (Lipinski definition) is 21. The highest BCUT2D eigenvalue weighted by atomic mass is 32.2. The summed E-state index contributed by atoms with van der Waals surface area (Å²) in [6.07, 6.45) is 6.52. The molecule has 3 saturated carbocycles. The van der Waals surface area contributed by atoms with Gasteiger partial charge in [0.05, 0.1) is 36.1 Å². The summed E-state index contributed by atoms with van der Waals surface area (Å²) in [4.78, 5) is 113. The van der Waals surface area contributed by atoms with Crippen LogP contribution in [0.15, 0.2) is 215 Å². The Hall–Kier alpha value is -11.5. The zero-order chi connectivity index (χ0) is 82.0. The van der Waals surface area contributed by atoms with Gasteiger partial charge in [0.2, 0.25) is 27.7 Å². The summed E-state index contributed by atoms with van der Waals surface area (Å²) in [6, 6.07) is 49.6. The molecule has 2 aliphatic heterocycles. The number of amides is 3. The molecule has 2 heterocycles. The van der Waals surface area contributed by atoms with Crippen molar-refractivity contribution in [1.29, 1.82) is 0 Å². The summed E-state index contributed by atoms with van der Waals surface area (Å²) in [5.74, 6) is -3.04. The van der Waals surface area contributed by atoms with E-state index >= 15 is 0 Å². The van der Waals surface area contributed by atoms with Crippen molar-refractivity contribution in [1.82, 2.24) is 28.4 Å². The van der Waals surface area contributed by atoms with Gasteiger partial charge < -0.3 is 29.3 Å². The number of rotatable bonds is 29. The van der Waals surface area contributed by atoms with Crippen molar-refractivity contribution in [3.05, 3.63) is 247 Å². The number of carbonyl (C=O) groups excluding carboxylic acids is 6. The van der Waals surface area contributed by atoms with Crippen LogP contribution in [-0.4, -0.2) is 178 Å². The summed E-state index contributed by atoms with van der Waals surface area (Å²) in [5, 5.41) is 43.3. The number of ether oxygens (including phenoxy) is 3. The molecule has 2 saturated heterocycles. The van der Waals surface area contributed by atoms with Crippen LogP contribution in [-0.2, 0) is 92.3 Å². The van der Waals surface area contributed by atoms with Crippen LogP contribution in [0.25, 0.3) is 32.3 Å². The molecule has 3 aliphatic carbocycles. The number of esters is 3. The van der Waals surface area contributed by atoms with E-state index in [0.717, 1.165) is 120 Å². The van der Waals surface area contributed by atoms with Crippen LogP contribution in [0.5, 0.6) is 0 Å². The van der Waals surface area contributed by atoms with Gasteiger partial charge in [-0.2, -0.15) is 13.3 Å². The van der Waals surface area contributed by atoms with E-state index in [0.29, 0.717) is 12.8 Å². The summed E-state index contributed by atoms with van der Waals surface area (Å²) in [5.41, 5.74) is 0.789. The summed E-state index contributed by atoms with van der Waals surface area (Å²) < 4.78 is 101. The fourth-order valence-electron chi connectivity index (χ4n) is 14.7. The number of nitro benzene ring substituents is 3. The predicted molar refractivity (Wildman–Crippen MR) is 423 cm³/mol. The molecule has 3 amide bonds. The van der Waals surface area contributed by atoms with Crippen LogP contribution in [0, 0.1) is 48.1 Å². The Balaban J connectivity index is 0.000000159. The Morgan fingerprint density at radius 1 is 0.417 bits per heavy atom. The first kappa shape index (κ1) is 83.0. The number of para-hydroxylation sites is 3. The topological polar surface area (TPSA) is 399 Å². The van der Waals surface area contributed by atoms with Crippen molar-refractivity contribution in [3.63, 3.8) is 0 Å². The second-order valence-electron chi connectivity index (χ2n) is 29.0. The lowest BCUT2D eigenvalue weighted by atomic mass is 9.98. The average molecular weight is 1630 g/mol. The third kappa shape index (κ3) is 19.7. The van der Waals surface area contributed by atoms with Crippen molar-refractivity contribution in [2.75, 3.05) is 47.5 Å². The fourth-order valence-corrected chi connectivity index (χ4v) is 19.6. The van der Waals surface area contributed by atoms with E-state index in [9.17, 15) is 84.4 Å². The number of hydrogen-bond donors (Lipinski definition) is 2. The monoisotopic (exact) mass is 1630 g/mol. The van der Waals surface area contributed by atoms with Crippen molar-refractivity contribution < 1.29 is 83.0 Å². The molecule has 9 aromatic rings. The molecule has 33 heteroatoms. The Morgan fingerprint density at radius 2 is 0.748 bits per heavy atom. The standard InChI is InChI=1S/2C28H29N3O7S.C26H27N3O7S/c2*1-38-28(33)25(18-20-12-13-21-6-2-3-7-22(21)16-20)29-14-15-30(24(27(29)32)17-19-10-11-19)39(36,37)26-9-5-4-8-23(26)31(34)35;1-36-26(31)22(16-18-12-13-19-6-2-3-7-20(19)14-18)27-25(30)21(15-17-10-11-17)28-37(34,35)24-9-5-4-8-23(24)29(32)33/h2*2-9,12-13,16,19,24-25H,10-11,14-15,17-18H2,1H3;2-9,12-14,17,21-22,28H,10-11,15-16H2,1H3,(H,27,30)/t2*24-,25-;21-,22-/m000/s1. The highest BCUT2D eigenvalue weighted by molar-refractivity contribution is 7.90. The van der Waals surface area contributed by atoms with Crippen LogP contribution < -0.4 is 10.0 Å². The molecule has 14 rings (SSSR count). The maximum absolute atomic E-state index is 13.9. The van der Waals surface area contributed by atoms with Crippen LogP contribution in [0.2, 0.25) is 0 Å². The SMILES string of the molecule is COC(=O)[C@H](Cc1ccc2ccccc2c1)N1CCN(S(=O)(=O)c2ccccc2[N+](=O)[O-])[C@@H](CC2CC2)C1=O.COC(=O)[C@H](Cc1ccc2ccccc2c1)N1CCN(S(=O)(=O)c2ccccc2[N+](=O)[O-])[C@@H](CC2CC2)C1=O.COC(=O)[C@H](Cc1ccc2ccccc2c1)NC(=O)[C@H](CC1CC1)NS(=O)(=O)c1ccccc1[N+](=O)[O-]. The van der Waals surface area contributed by atoms with Crippen LogP contribution in [0.3, 0.4) is 0 Å². The molecular formula is C82H85N9O21S3. The van der Waals surface area contributed by atoms with E-state index in [1.807, 2.05) is 127 Å². The van der Waals surface area contributed by atoms with Crippen LogP contribution in [0.4, 0.5) is 17.1 Å². The third-order valence-corrected chi connectivity index (χ3v) is 26.7. The molecule has 5 aliphatic rings. The lowest BCUT2D eigenvalue weighted by Gasteiger charge is -2.42. The largest absolute Gasteiger partial charge is 0.467 e. The number of nitrogens with one attached hydrogen (secondary N) is 2. The zero-order valence-electron chi connectivity index (χ0n) is 63.0. The van der Waals surface area contributed by atoms with Gasteiger partial charge in [0.1, 0.15) is 36.3 Å². The lowest BCUT2D eigenvalue weighted by Crippen LogP contribution is -2.62. The lowest BCUT2D eigenvalue weighted by molar-refractivity contribution is -0.388. The molecule has 0 bridgehead atoms. The number of piperazine rings is 2. The Morgan fingerprint density at radius 3 is 1.10 bits per heavy atom. The molecule has 6 atom stereocenters. The smallest absolute Gasteiger partial charge is 0.328 e. The molecule has 0 spiro atoms. The molecule has 0 radical (unpaired) electrons. The molecule has 0 unspecified atom stereocenters. The van der Waals surface area contributed by atoms with E-state index in [1.54, 1.807) is 0 Å². The molecule has 602 valence electrons. The first-order valence-electron chi connectivity index (χ1n) is 37.4. The van der Waals surface area contributed by atoms with E-state index < -0.39 is 148 Å². The van der Waals surface area contributed by atoms with Crippen molar-refractivity contribution in [2.45, 2.75) is 128 Å². The molecule has 2 N–H and O–H groups in total. The minimum Gasteiger partial charge on any atom is -0.467 e. The molecule has 5 fully saturated rings. The molecule has 9 aromatic carbocycles. The second-order valence-corrected chi connectivity index (χ2v) is 34.4. The zero-order valence-corrected chi connectivity index (χ0v) is 65.4. The van der Waals surface area contributed by atoms with Gasteiger partial charge in [-0.3, -0.25) is 44.7 Å². The van der Waals surface area contributed by atoms with Gasteiger partial charge in [-0.1, -0.05) is 202 Å². The van der Waals surface area contributed by atoms with E-state index in [1.165, 1.54) is 79.7 Å². The summed E-state index contributed by atoms with van der Waals surface area (Å²) in [7, 11) is -9.42. The molecule has 115 heavy (non-hydrogen) atoms. The molecular weight excluding hydrogens is 1540 g/mol. The van der Waals surface area contributed by atoms with Crippen LogP contribution >= 0.6 is 0 Å². The maximum Gasteiger partial charge on any atom is 0.328 e. The predicted octanol–water partition coefficient (Wildman–Crippen LogP) is 10.2. The minimum atomic E-state index is -4.41. The van der Waals surface area contributed by atoms with Gasteiger partial charge in [-0.15, -0.1) is 0 Å². The van der Waals surface area contributed by atoms with Gasteiger partial charge in [0.25, 0.3) is 37.1 Å². The van der Waals surface area contributed by atoms with Crippen LogP contribution in [0.1, 0.15) is 74.5 Å². The van der Waals surface area contributed by atoms with E-state index in [2.05, 4.69) is 10.0 Å². The summed E-state index contributed by atoms with van der Waals surface area (Å²) >= 11 is 0. The number of carbonyl (C=O) groups is 6.